The van der Waals surface area contributed by atoms with Crippen LogP contribution in [0.5, 0.6) is 0 Å². The molecule has 0 bridgehead atoms. The van der Waals surface area contributed by atoms with Crippen LogP contribution in [0.1, 0.15) is 23.8 Å². The lowest BCUT2D eigenvalue weighted by molar-refractivity contribution is 0.0723. The third-order valence-electron chi connectivity index (χ3n) is 3.07. The van der Waals surface area contributed by atoms with Gasteiger partial charge in [0.15, 0.2) is 0 Å². The third kappa shape index (κ3) is 2.95. The number of amides is 1. The van der Waals surface area contributed by atoms with Gasteiger partial charge in [0.1, 0.15) is 5.69 Å². The zero-order valence-electron chi connectivity index (χ0n) is 10.4. The van der Waals surface area contributed by atoms with E-state index in [4.69, 9.17) is 4.74 Å². The van der Waals surface area contributed by atoms with Gasteiger partial charge in [-0.3, -0.25) is 9.59 Å². The number of carbonyl (C=O) groups is 1. The van der Waals surface area contributed by atoms with Gasteiger partial charge in [-0.25, -0.2) is 5.10 Å². The van der Waals surface area contributed by atoms with E-state index < -0.39 is 0 Å². The van der Waals surface area contributed by atoms with Gasteiger partial charge in [0.25, 0.3) is 11.5 Å². The Kier molecular flexibility index (Phi) is 4.09. The summed E-state index contributed by atoms with van der Waals surface area (Å²) in [6.45, 7) is 4.71. The van der Waals surface area contributed by atoms with Crippen molar-refractivity contribution < 1.29 is 9.53 Å². The molecule has 0 saturated carbocycles. The number of hydrogen-bond acceptors (Lipinski definition) is 4. The molecule has 2 heterocycles. The summed E-state index contributed by atoms with van der Waals surface area (Å²) in [6.07, 6.45) is 0.989. The van der Waals surface area contributed by atoms with Crippen LogP contribution in [0.25, 0.3) is 0 Å². The van der Waals surface area contributed by atoms with E-state index in [2.05, 4.69) is 10.2 Å². The standard InChI is InChI=1S/C12H17N3O3/c1-2-15(7-9-5-6-18-8-9)12(17)10-3-4-11(16)14-13-10/h3-4,9H,2,5-8H2,1H3,(H,14,16). The van der Waals surface area contributed by atoms with Gasteiger partial charge in [0.05, 0.1) is 6.61 Å². The summed E-state index contributed by atoms with van der Waals surface area (Å²) >= 11 is 0. The predicted molar refractivity (Wildman–Crippen MR) is 65.4 cm³/mol. The number of carbonyl (C=O) groups excluding carboxylic acids is 1. The Morgan fingerprint density at radius 3 is 3.00 bits per heavy atom. The first-order valence-corrected chi connectivity index (χ1v) is 6.13. The molecule has 98 valence electrons. The number of H-pyrrole nitrogens is 1. The number of nitrogens with one attached hydrogen (secondary N) is 1. The minimum Gasteiger partial charge on any atom is -0.381 e. The average molecular weight is 251 g/mol. The zero-order chi connectivity index (χ0) is 13.0. The second-order valence-corrected chi connectivity index (χ2v) is 4.38. The van der Waals surface area contributed by atoms with Crippen molar-refractivity contribution in [3.63, 3.8) is 0 Å². The molecule has 1 amide bonds. The average Bonchev–Trinajstić information content (AvgIpc) is 2.89. The molecule has 1 saturated heterocycles. The number of aromatic nitrogens is 2. The number of hydrogen-bond donors (Lipinski definition) is 1. The molecule has 1 aromatic heterocycles. The fourth-order valence-electron chi connectivity index (χ4n) is 2.02. The van der Waals surface area contributed by atoms with Gasteiger partial charge < -0.3 is 9.64 Å². The predicted octanol–water partition coefficient (Wildman–Crippen LogP) is 0.268. The van der Waals surface area contributed by atoms with Crippen LogP contribution in [0, 0.1) is 5.92 Å². The first kappa shape index (κ1) is 12.8. The highest BCUT2D eigenvalue weighted by molar-refractivity contribution is 5.92. The molecule has 1 N–H and O–H groups in total. The molecule has 1 aliphatic rings. The lowest BCUT2D eigenvalue weighted by atomic mass is 10.1. The van der Waals surface area contributed by atoms with Crippen LogP contribution in [0.4, 0.5) is 0 Å². The molecule has 1 fully saturated rings. The SMILES string of the molecule is CCN(CC1CCOC1)C(=O)c1ccc(=O)[nH]n1. The van der Waals surface area contributed by atoms with Gasteiger partial charge in [-0.1, -0.05) is 0 Å². The van der Waals surface area contributed by atoms with E-state index in [1.165, 1.54) is 12.1 Å². The Morgan fingerprint density at radius 2 is 2.44 bits per heavy atom. The van der Waals surface area contributed by atoms with Crippen LogP contribution in [0.2, 0.25) is 0 Å². The van der Waals surface area contributed by atoms with Crippen LogP contribution < -0.4 is 5.56 Å². The molecule has 6 nitrogen and oxygen atoms in total. The summed E-state index contributed by atoms with van der Waals surface area (Å²) in [5.74, 6) is 0.248. The van der Waals surface area contributed by atoms with Crippen molar-refractivity contribution in [3.05, 3.63) is 28.2 Å². The molecule has 0 spiro atoms. The quantitative estimate of drug-likeness (QED) is 0.833. The number of ether oxygens (including phenoxy) is 1. The molecule has 0 aliphatic carbocycles. The molecule has 1 atom stereocenters. The van der Waals surface area contributed by atoms with Crippen LogP contribution in [-0.4, -0.2) is 47.3 Å². The van der Waals surface area contributed by atoms with Crippen molar-refractivity contribution in [1.82, 2.24) is 15.1 Å². The van der Waals surface area contributed by atoms with Gasteiger partial charge in [-0.05, 0) is 19.4 Å². The number of nitrogens with zero attached hydrogens (tertiary/aromatic N) is 2. The van der Waals surface area contributed by atoms with Crippen LogP contribution in [-0.2, 0) is 4.74 Å². The second-order valence-electron chi connectivity index (χ2n) is 4.38. The minimum atomic E-state index is -0.307. The van der Waals surface area contributed by atoms with E-state index in [1.54, 1.807) is 4.90 Å². The maximum atomic E-state index is 12.2. The highest BCUT2D eigenvalue weighted by atomic mass is 16.5. The molecule has 0 aromatic carbocycles. The molecule has 1 unspecified atom stereocenters. The fraction of sp³-hybridized carbons (Fsp3) is 0.583. The van der Waals surface area contributed by atoms with Crippen molar-refractivity contribution in [2.75, 3.05) is 26.3 Å². The minimum absolute atomic E-state index is 0.152. The van der Waals surface area contributed by atoms with E-state index >= 15 is 0 Å². The normalized spacial score (nSPS) is 18.8. The van der Waals surface area contributed by atoms with Crippen molar-refractivity contribution >= 4 is 5.91 Å². The Labute approximate surface area is 105 Å². The van der Waals surface area contributed by atoms with Crippen LogP contribution in [0.3, 0.4) is 0 Å². The van der Waals surface area contributed by atoms with Gasteiger partial charge in [0.2, 0.25) is 0 Å². The fourth-order valence-corrected chi connectivity index (χ4v) is 2.02. The van der Waals surface area contributed by atoms with E-state index in [0.29, 0.717) is 25.6 Å². The summed E-state index contributed by atoms with van der Waals surface area (Å²) < 4.78 is 5.30. The maximum Gasteiger partial charge on any atom is 0.274 e. The lowest BCUT2D eigenvalue weighted by Crippen LogP contribution is -2.36. The zero-order valence-corrected chi connectivity index (χ0v) is 10.4. The van der Waals surface area contributed by atoms with Gasteiger partial charge in [0, 0.05) is 31.7 Å². The summed E-state index contributed by atoms with van der Waals surface area (Å²) in [4.78, 5) is 24.8. The Bertz CT molecular complexity index is 445. The Morgan fingerprint density at radius 1 is 1.61 bits per heavy atom. The number of aromatic amines is 1. The Balaban J connectivity index is 2.04. The smallest absolute Gasteiger partial charge is 0.274 e. The topological polar surface area (TPSA) is 75.3 Å². The lowest BCUT2D eigenvalue weighted by Gasteiger charge is -2.23. The summed E-state index contributed by atoms with van der Waals surface area (Å²) in [7, 11) is 0. The summed E-state index contributed by atoms with van der Waals surface area (Å²) in [5, 5.41) is 6.04. The summed E-state index contributed by atoms with van der Waals surface area (Å²) in [6, 6.07) is 2.77. The van der Waals surface area contributed by atoms with E-state index in [9.17, 15) is 9.59 Å². The van der Waals surface area contributed by atoms with Crippen molar-refractivity contribution in [1.29, 1.82) is 0 Å². The number of rotatable bonds is 4. The second kappa shape index (κ2) is 5.77. The van der Waals surface area contributed by atoms with Gasteiger partial charge in [-0.15, -0.1) is 0 Å². The van der Waals surface area contributed by atoms with Gasteiger partial charge >= 0.3 is 0 Å². The highest BCUT2D eigenvalue weighted by Gasteiger charge is 2.22. The largest absolute Gasteiger partial charge is 0.381 e. The maximum absolute atomic E-state index is 12.2. The molecule has 6 heteroatoms. The van der Waals surface area contributed by atoms with E-state index in [1.807, 2.05) is 6.92 Å². The van der Waals surface area contributed by atoms with Crippen molar-refractivity contribution in [2.45, 2.75) is 13.3 Å². The van der Waals surface area contributed by atoms with Gasteiger partial charge in [-0.2, -0.15) is 5.10 Å². The van der Waals surface area contributed by atoms with Crippen LogP contribution in [0.15, 0.2) is 16.9 Å². The molecule has 2 rings (SSSR count). The van der Waals surface area contributed by atoms with Crippen molar-refractivity contribution in [2.24, 2.45) is 5.92 Å². The molecule has 0 radical (unpaired) electrons. The molecular weight excluding hydrogens is 234 g/mol. The van der Waals surface area contributed by atoms with Crippen molar-refractivity contribution in [3.8, 4) is 0 Å². The molecule has 18 heavy (non-hydrogen) atoms. The van der Waals surface area contributed by atoms with Crippen LogP contribution >= 0.6 is 0 Å². The molecule has 1 aromatic rings. The first-order chi connectivity index (χ1) is 8.70. The first-order valence-electron chi connectivity index (χ1n) is 6.13. The monoisotopic (exact) mass is 251 g/mol. The third-order valence-corrected chi connectivity index (χ3v) is 3.07. The Hall–Kier alpha value is -1.69. The molecular formula is C12H17N3O3. The summed E-state index contributed by atoms with van der Waals surface area (Å²) in [5.41, 5.74) is -0.0332. The van der Waals surface area contributed by atoms with E-state index in [-0.39, 0.29) is 17.2 Å². The highest BCUT2D eigenvalue weighted by Crippen LogP contribution is 2.14. The van der Waals surface area contributed by atoms with E-state index in [0.717, 1.165) is 13.0 Å². The molecule has 1 aliphatic heterocycles.